The van der Waals surface area contributed by atoms with E-state index < -0.39 is 5.82 Å². The van der Waals surface area contributed by atoms with Gasteiger partial charge in [-0.05, 0) is 57.0 Å². The monoisotopic (exact) mass is 631 g/mol. The van der Waals surface area contributed by atoms with Crippen molar-refractivity contribution < 1.29 is 13.9 Å². The summed E-state index contributed by atoms with van der Waals surface area (Å²) in [6, 6.07) is 11.8. The number of anilines is 2. The van der Waals surface area contributed by atoms with Gasteiger partial charge in [-0.3, -0.25) is 4.79 Å². The molecule has 0 N–H and O–H groups in total. The van der Waals surface area contributed by atoms with Crippen molar-refractivity contribution in [2.75, 3.05) is 56.7 Å². The Labute approximate surface area is 268 Å². The zero-order valence-electron chi connectivity index (χ0n) is 25.9. The molecular formula is C34H39ClFN7O2. The van der Waals surface area contributed by atoms with Crippen molar-refractivity contribution in [3.8, 4) is 12.1 Å². The van der Waals surface area contributed by atoms with E-state index in [9.17, 15) is 14.4 Å². The van der Waals surface area contributed by atoms with Gasteiger partial charge in [-0.25, -0.2) is 4.39 Å². The van der Waals surface area contributed by atoms with Crippen molar-refractivity contribution in [2.45, 2.75) is 50.7 Å². The molecular weight excluding hydrogens is 593 g/mol. The number of nitrogens with zero attached hydrogens (tertiary/aromatic N) is 7. The minimum atomic E-state index is -0.446. The van der Waals surface area contributed by atoms with E-state index in [2.05, 4.69) is 41.4 Å². The summed E-state index contributed by atoms with van der Waals surface area (Å²) < 4.78 is 20.9. The average Bonchev–Trinajstić information content (AvgIpc) is 3.53. The third-order valence-corrected chi connectivity index (χ3v) is 9.92. The Bertz CT molecular complexity index is 1640. The summed E-state index contributed by atoms with van der Waals surface area (Å²) in [4.78, 5) is 30.9. The normalized spacial score (nSPS) is 21.6. The summed E-state index contributed by atoms with van der Waals surface area (Å²) in [6.07, 6.45) is 5.60. The van der Waals surface area contributed by atoms with Crippen LogP contribution in [0.15, 0.2) is 43.0 Å². The van der Waals surface area contributed by atoms with Crippen LogP contribution in [-0.4, -0.2) is 84.6 Å². The number of nitriles is 1. The molecule has 1 amide bonds. The molecule has 1 saturated heterocycles. The number of aromatic nitrogens is 2. The van der Waals surface area contributed by atoms with Gasteiger partial charge in [0.1, 0.15) is 11.6 Å². The molecule has 2 aromatic carbocycles. The number of carbonyl (C=O) groups excluding carboxylic acids is 1. The zero-order valence-corrected chi connectivity index (χ0v) is 26.6. The molecule has 0 radical (unpaired) electrons. The lowest BCUT2D eigenvalue weighted by molar-refractivity contribution is -0.128. The smallest absolute Gasteiger partial charge is 0.318 e. The molecule has 3 aliphatic rings. The number of amides is 1. The van der Waals surface area contributed by atoms with Crippen LogP contribution in [0.3, 0.4) is 0 Å². The predicted molar refractivity (Wildman–Crippen MR) is 174 cm³/mol. The molecule has 6 rings (SSSR count). The molecule has 1 aromatic heterocycles. The van der Waals surface area contributed by atoms with Crippen LogP contribution in [-0.2, 0) is 17.8 Å². The maximum Gasteiger partial charge on any atom is 0.318 e. The third-order valence-electron chi connectivity index (χ3n) is 9.55. The van der Waals surface area contributed by atoms with Crippen molar-refractivity contribution in [1.29, 1.82) is 5.26 Å². The fourth-order valence-electron chi connectivity index (χ4n) is 7.28. The molecule has 1 saturated carbocycles. The maximum atomic E-state index is 14.6. The first-order valence-electron chi connectivity index (χ1n) is 15.6. The Morgan fingerprint density at radius 2 is 2.04 bits per heavy atom. The van der Waals surface area contributed by atoms with Crippen LogP contribution >= 0.6 is 11.6 Å². The SMILES string of the molecule is C=CC(=O)N1CCN(c2nc(OC[C@H]3CCC[C@@H]3N(C)C)nc3c2CCN(c2cccc4ccc(F)c(Cl)c24)C3)C[C@@H]1CC#N. The topological polar surface area (TPSA) is 88.8 Å². The summed E-state index contributed by atoms with van der Waals surface area (Å²) in [5, 5.41) is 11.2. The van der Waals surface area contributed by atoms with Gasteiger partial charge in [-0.1, -0.05) is 42.8 Å². The second kappa shape index (κ2) is 13.2. The first-order chi connectivity index (χ1) is 21.8. The fraction of sp³-hybridized carbons (Fsp3) is 0.471. The molecule has 0 unspecified atom stereocenters. The molecule has 0 spiro atoms. The van der Waals surface area contributed by atoms with Crippen LogP contribution in [0.2, 0.25) is 5.02 Å². The van der Waals surface area contributed by atoms with Gasteiger partial charge in [0.2, 0.25) is 5.91 Å². The van der Waals surface area contributed by atoms with Gasteiger partial charge in [0, 0.05) is 54.8 Å². The van der Waals surface area contributed by atoms with Gasteiger partial charge in [-0.2, -0.15) is 15.2 Å². The number of rotatable bonds is 8. The molecule has 45 heavy (non-hydrogen) atoms. The van der Waals surface area contributed by atoms with E-state index in [1.807, 2.05) is 18.2 Å². The molecule has 3 heterocycles. The van der Waals surface area contributed by atoms with Gasteiger partial charge in [-0.15, -0.1) is 0 Å². The minimum absolute atomic E-state index is 0.115. The van der Waals surface area contributed by atoms with Gasteiger partial charge in [0.25, 0.3) is 0 Å². The number of hydrogen-bond acceptors (Lipinski definition) is 8. The maximum absolute atomic E-state index is 14.6. The first-order valence-corrected chi connectivity index (χ1v) is 16.0. The molecule has 3 aromatic rings. The summed E-state index contributed by atoms with van der Waals surface area (Å²) in [5.41, 5.74) is 2.74. The molecule has 11 heteroatoms. The first kappa shape index (κ1) is 31.1. The van der Waals surface area contributed by atoms with Crippen LogP contribution in [0.4, 0.5) is 15.9 Å². The van der Waals surface area contributed by atoms with Crippen molar-refractivity contribution in [3.05, 3.63) is 65.1 Å². The Morgan fingerprint density at radius 3 is 2.82 bits per heavy atom. The lowest BCUT2D eigenvalue weighted by Crippen LogP contribution is -2.55. The quantitative estimate of drug-likeness (QED) is 0.313. The minimum Gasteiger partial charge on any atom is -0.463 e. The van der Waals surface area contributed by atoms with Gasteiger partial charge < -0.3 is 24.3 Å². The van der Waals surface area contributed by atoms with E-state index in [4.69, 9.17) is 26.3 Å². The highest BCUT2D eigenvalue weighted by Crippen LogP contribution is 2.38. The molecule has 0 bridgehead atoms. The molecule has 236 valence electrons. The van der Waals surface area contributed by atoms with E-state index in [1.54, 1.807) is 11.0 Å². The van der Waals surface area contributed by atoms with Crippen LogP contribution < -0.4 is 14.5 Å². The number of benzene rings is 2. The molecule has 2 fully saturated rings. The zero-order chi connectivity index (χ0) is 31.7. The van der Waals surface area contributed by atoms with E-state index in [0.29, 0.717) is 69.1 Å². The summed E-state index contributed by atoms with van der Waals surface area (Å²) >= 11 is 6.51. The summed E-state index contributed by atoms with van der Waals surface area (Å²) in [5.74, 6) is 0.566. The highest BCUT2D eigenvalue weighted by Gasteiger charge is 2.34. The van der Waals surface area contributed by atoms with Crippen molar-refractivity contribution in [1.82, 2.24) is 19.8 Å². The van der Waals surface area contributed by atoms with Crippen LogP contribution in [0, 0.1) is 23.1 Å². The number of piperazine rings is 1. The Balaban J connectivity index is 1.35. The number of fused-ring (bicyclic) bond motifs is 2. The Hall–Kier alpha value is -3.94. The highest BCUT2D eigenvalue weighted by molar-refractivity contribution is 6.36. The lowest BCUT2D eigenvalue weighted by Gasteiger charge is -2.42. The summed E-state index contributed by atoms with van der Waals surface area (Å²) in [6.45, 7) is 6.83. The van der Waals surface area contributed by atoms with Gasteiger partial charge in [0.05, 0.1) is 42.4 Å². The second-order valence-electron chi connectivity index (χ2n) is 12.4. The lowest BCUT2D eigenvalue weighted by atomic mass is 10.0. The third kappa shape index (κ3) is 6.16. The second-order valence-corrected chi connectivity index (χ2v) is 12.8. The highest BCUT2D eigenvalue weighted by atomic mass is 35.5. The fourth-order valence-corrected chi connectivity index (χ4v) is 7.55. The van der Waals surface area contributed by atoms with E-state index in [0.717, 1.165) is 41.0 Å². The molecule has 2 aliphatic heterocycles. The van der Waals surface area contributed by atoms with Crippen molar-refractivity contribution >= 4 is 39.8 Å². The van der Waals surface area contributed by atoms with Crippen LogP contribution in [0.5, 0.6) is 6.01 Å². The molecule has 3 atom stereocenters. The van der Waals surface area contributed by atoms with E-state index in [1.165, 1.54) is 18.6 Å². The number of hydrogen-bond donors (Lipinski definition) is 0. The predicted octanol–water partition coefficient (Wildman–Crippen LogP) is 5.21. The van der Waals surface area contributed by atoms with Gasteiger partial charge >= 0.3 is 6.01 Å². The number of halogens is 2. The Morgan fingerprint density at radius 1 is 1.20 bits per heavy atom. The van der Waals surface area contributed by atoms with Crippen molar-refractivity contribution in [2.24, 2.45) is 5.92 Å². The largest absolute Gasteiger partial charge is 0.463 e. The number of ether oxygens (including phenoxy) is 1. The van der Waals surface area contributed by atoms with E-state index >= 15 is 0 Å². The standard InChI is InChI=1S/C34H39ClFN7O2/c1-4-30(44)43-18-17-42(19-24(43)13-15-37)33-25-14-16-41(29-10-5-7-22-11-12-26(36)32(35)31(22)29)20-27(25)38-34(39-33)45-21-23-8-6-9-28(23)40(2)3/h4-5,7,10-12,23-24,28H,1,6,8-9,13-14,16-21H2,2-3H3/t23-,24+,28+/m1/s1. The van der Waals surface area contributed by atoms with Gasteiger partial charge in [0.15, 0.2) is 0 Å². The van der Waals surface area contributed by atoms with Crippen LogP contribution in [0.25, 0.3) is 10.8 Å². The summed E-state index contributed by atoms with van der Waals surface area (Å²) in [7, 11) is 4.23. The Kier molecular flexibility index (Phi) is 9.11. The molecule has 9 nitrogen and oxygen atoms in total. The van der Waals surface area contributed by atoms with Crippen molar-refractivity contribution in [3.63, 3.8) is 0 Å². The molecule has 1 aliphatic carbocycles. The number of carbonyl (C=O) groups is 1. The van der Waals surface area contributed by atoms with E-state index in [-0.39, 0.29) is 23.4 Å². The van der Waals surface area contributed by atoms with Crippen LogP contribution in [0.1, 0.15) is 36.9 Å². The average molecular weight is 632 g/mol.